The highest BCUT2D eigenvalue weighted by Gasteiger charge is 2.33. The second-order valence-corrected chi connectivity index (χ2v) is 7.92. The van der Waals surface area contributed by atoms with Crippen LogP contribution in [0.1, 0.15) is 50.4 Å². The SMILES string of the molecule is C[C@H]1C[C@H](NC(=O)c2cc3cccnc3n(C)c2=O)CC(C)(C)C1. The van der Waals surface area contributed by atoms with Crippen molar-refractivity contribution in [2.24, 2.45) is 18.4 Å². The molecule has 1 aliphatic rings. The molecule has 1 amide bonds. The number of amides is 1. The van der Waals surface area contributed by atoms with Crippen molar-refractivity contribution < 1.29 is 4.79 Å². The summed E-state index contributed by atoms with van der Waals surface area (Å²) >= 11 is 0. The van der Waals surface area contributed by atoms with Gasteiger partial charge in [-0.25, -0.2) is 4.98 Å². The predicted octanol–water partition coefficient (Wildman–Crippen LogP) is 2.88. The van der Waals surface area contributed by atoms with Crippen molar-refractivity contribution in [2.75, 3.05) is 0 Å². The maximum absolute atomic E-state index is 12.7. The van der Waals surface area contributed by atoms with Crippen LogP contribution in [0.25, 0.3) is 11.0 Å². The van der Waals surface area contributed by atoms with E-state index in [1.807, 2.05) is 6.07 Å². The number of carbonyl (C=O) groups is 1. The lowest BCUT2D eigenvalue weighted by Gasteiger charge is -2.39. The maximum Gasteiger partial charge on any atom is 0.264 e. The summed E-state index contributed by atoms with van der Waals surface area (Å²) in [4.78, 5) is 29.4. The Morgan fingerprint density at radius 3 is 2.83 bits per heavy atom. The van der Waals surface area contributed by atoms with Crippen LogP contribution in [0, 0.1) is 11.3 Å². The fourth-order valence-corrected chi connectivity index (χ4v) is 4.18. The summed E-state index contributed by atoms with van der Waals surface area (Å²) in [6.07, 6.45) is 4.72. The van der Waals surface area contributed by atoms with Crippen LogP contribution >= 0.6 is 0 Å². The van der Waals surface area contributed by atoms with Crippen LogP contribution in [0.3, 0.4) is 0 Å². The van der Waals surface area contributed by atoms with Crippen LogP contribution in [0.4, 0.5) is 0 Å². The molecule has 0 saturated heterocycles. The first-order chi connectivity index (χ1) is 11.3. The number of nitrogens with zero attached hydrogens (tertiary/aromatic N) is 2. The summed E-state index contributed by atoms with van der Waals surface area (Å²) in [5, 5.41) is 3.87. The molecule has 1 aliphatic carbocycles. The van der Waals surface area contributed by atoms with Gasteiger partial charge < -0.3 is 5.32 Å². The first kappa shape index (κ1) is 16.7. The van der Waals surface area contributed by atoms with E-state index in [4.69, 9.17) is 0 Å². The Labute approximate surface area is 142 Å². The smallest absolute Gasteiger partial charge is 0.264 e. The predicted molar refractivity (Wildman–Crippen MR) is 95.0 cm³/mol. The number of rotatable bonds is 2. The molecule has 2 aromatic rings. The number of hydrogen-bond acceptors (Lipinski definition) is 3. The molecule has 0 bridgehead atoms. The van der Waals surface area contributed by atoms with Gasteiger partial charge in [0.25, 0.3) is 11.5 Å². The first-order valence-electron chi connectivity index (χ1n) is 8.52. The average molecular weight is 327 g/mol. The minimum Gasteiger partial charge on any atom is -0.349 e. The van der Waals surface area contributed by atoms with E-state index in [-0.39, 0.29) is 28.5 Å². The molecule has 128 valence electrons. The fourth-order valence-electron chi connectivity index (χ4n) is 4.18. The monoisotopic (exact) mass is 327 g/mol. The molecule has 5 heteroatoms. The molecule has 24 heavy (non-hydrogen) atoms. The van der Waals surface area contributed by atoms with Gasteiger partial charge in [0.1, 0.15) is 11.2 Å². The number of fused-ring (bicyclic) bond motifs is 1. The van der Waals surface area contributed by atoms with E-state index < -0.39 is 0 Å². The van der Waals surface area contributed by atoms with E-state index >= 15 is 0 Å². The Bertz CT molecular complexity index is 838. The van der Waals surface area contributed by atoms with Crippen molar-refractivity contribution in [1.82, 2.24) is 14.9 Å². The first-order valence-corrected chi connectivity index (χ1v) is 8.52. The number of hydrogen-bond donors (Lipinski definition) is 1. The van der Waals surface area contributed by atoms with Gasteiger partial charge in [-0.1, -0.05) is 20.8 Å². The minimum atomic E-state index is -0.304. The Morgan fingerprint density at radius 2 is 2.12 bits per heavy atom. The third kappa shape index (κ3) is 3.21. The molecule has 1 fully saturated rings. The molecule has 5 nitrogen and oxygen atoms in total. The van der Waals surface area contributed by atoms with Gasteiger partial charge in [-0.3, -0.25) is 14.2 Å². The highest BCUT2D eigenvalue weighted by molar-refractivity contribution is 5.97. The zero-order chi connectivity index (χ0) is 17.5. The highest BCUT2D eigenvalue weighted by Crippen LogP contribution is 2.38. The van der Waals surface area contributed by atoms with Crippen molar-refractivity contribution in [2.45, 2.75) is 46.1 Å². The van der Waals surface area contributed by atoms with Crippen molar-refractivity contribution in [1.29, 1.82) is 0 Å². The molecular formula is C19H25N3O2. The third-order valence-corrected chi connectivity index (χ3v) is 4.94. The molecule has 0 spiro atoms. The summed E-state index contributed by atoms with van der Waals surface area (Å²) in [5.41, 5.74) is 0.691. The van der Waals surface area contributed by atoms with Crippen LogP contribution in [0.2, 0.25) is 0 Å². The Kier molecular flexibility index (Phi) is 4.20. The number of nitrogens with one attached hydrogen (secondary N) is 1. The third-order valence-electron chi connectivity index (χ3n) is 4.94. The second-order valence-electron chi connectivity index (χ2n) is 7.92. The number of pyridine rings is 2. The Hall–Kier alpha value is -2.17. The number of aryl methyl sites for hydroxylation is 1. The van der Waals surface area contributed by atoms with E-state index in [0.717, 1.165) is 18.2 Å². The van der Waals surface area contributed by atoms with Crippen LogP contribution in [0.15, 0.2) is 29.2 Å². The van der Waals surface area contributed by atoms with Gasteiger partial charge in [-0.05, 0) is 48.8 Å². The quantitative estimate of drug-likeness (QED) is 0.922. The largest absolute Gasteiger partial charge is 0.349 e. The fraction of sp³-hybridized carbons (Fsp3) is 0.526. The zero-order valence-electron chi connectivity index (χ0n) is 14.8. The van der Waals surface area contributed by atoms with E-state index in [0.29, 0.717) is 11.6 Å². The van der Waals surface area contributed by atoms with Gasteiger partial charge in [0.2, 0.25) is 0 Å². The molecule has 0 unspecified atom stereocenters. The van der Waals surface area contributed by atoms with E-state index in [1.165, 1.54) is 11.0 Å². The Morgan fingerprint density at radius 1 is 1.38 bits per heavy atom. The van der Waals surface area contributed by atoms with Crippen LogP contribution in [-0.2, 0) is 7.05 Å². The lowest BCUT2D eigenvalue weighted by Crippen LogP contribution is -2.44. The van der Waals surface area contributed by atoms with E-state index in [2.05, 4.69) is 31.1 Å². The molecule has 3 rings (SSSR count). The van der Waals surface area contributed by atoms with Gasteiger partial charge in [0.15, 0.2) is 0 Å². The molecule has 2 atom stereocenters. The summed E-state index contributed by atoms with van der Waals surface area (Å²) in [6.45, 7) is 6.70. The molecule has 1 saturated carbocycles. The van der Waals surface area contributed by atoms with Crippen LogP contribution < -0.4 is 10.9 Å². The summed E-state index contributed by atoms with van der Waals surface area (Å²) in [6, 6.07) is 5.44. The van der Waals surface area contributed by atoms with Crippen molar-refractivity contribution in [3.8, 4) is 0 Å². The van der Waals surface area contributed by atoms with Crippen LogP contribution in [-0.4, -0.2) is 21.5 Å². The molecular weight excluding hydrogens is 302 g/mol. The second kappa shape index (κ2) is 6.04. The summed E-state index contributed by atoms with van der Waals surface area (Å²) < 4.78 is 1.44. The molecule has 0 aliphatic heterocycles. The maximum atomic E-state index is 12.7. The lowest BCUT2D eigenvalue weighted by molar-refractivity contribution is 0.0872. The Balaban J connectivity index is 1.89. The molecule has 0 radical (unpaired) electrons. The standard InChI is InChI=1S/C19H25N3O2/c1-12-8-14(11-19(2,3)10-12)21-17(23)15-9-13-6-5-7-20-16(13)22(4)18(15)24/h5-7,9,12,14H,8,10-11H2,1-4H3,(H,21,23)/t12-,14-/m0/s1. The van der Waals surface area contributed by atoms with Crippen molar-refractivity contribution >= 4 is 16.9 Å². The summed E-state index contributed by atoms with van der Waals surface area (Å²) in [5.74, 6) is 0.291. The molecule has 2 aromatic heterocycles. The van der Waals surface area contributed by atoms with E-state index in [1.54, 1.807) is 25.4 Å². The van der Waals surface area contributed by atoms with Crippen LogP contribution in [0.5, 0.6) is 0 Å². The van der Waals surface area contributed by atoms with E-state index in [9.17, 15) is 9.59 Å². The summed E-state index contributed by atoms with van der Waals surface area (Å²) in [7, 11) is 1.65. The van der Waals surface area contributed by atoms with Gasteiger partial charge in [0, 0.05) is 24.7 Å². The van der Waals surface area contributed by atoms with Crippen molar-refractivity contribution in [3.05, 3.63) is 40.3 Å². The molecule has 0 aromatic carbocycles. The minimum absolute atomic E-state index is 0.116. The van der Waals surface area contributed by atoms with Gasteiger partial charge in [-0.2, -0.15) is 0 Å². The van der Waals surface area contributed by atoms with Gasteiger partial charge in [0.05, 0.1) is 0 Å². The normalized spacial score (nSPS) is 23.2. The zero-order valence-corrected chi connectivity index (χ0v) is 14.8. The lowest BCUT2D eigenvalue weighted by atomic mass is 9.70. The average Bonchev–Trinajstić information content (AvgIpc) is 2.48. The van der Waals surface area contributed by atoms with Gasteiger partial charge in [-0.15, -0.1) is 0 Å². The van der Waals surface area contributed by atoms with Crippen molar-refractivity contribution in [3.63, 3.8) is 0 Å². The highest BCUT2D eigenvalue weighted by atomic mass is 16.2. The number of carbonyl (C=O) groups excluding carboxylic acids is 1. The molecule has 2 heterocycles. The molecule has 1 N–H and O–H groups in total. The number of aromatic nitrogens is 2. The topological polar surface area (TPSA) is 64.0 Å². The van der Waals surface area contributed by atoms with Gasteiger partial charge >= 0.3 is 0 Å².